The molecule has 1 fully saturated rings. The first kappa shape index (κ1) is 16.1. The van der Waals surface area contributed by atoms with Crippen LogP contribution in [0.2, 0.25) is 0 Å². The number of benzene rings is 1. The van der Waals surface area contributed by atoms with Crippen molar-refractivity contribution in [3.05, 3.63) is 29.8 Å². The number of rotatable bonds is 6. The minimum absolute atomic E-state index is 0.330. The molecular formula is C14H20ClNO2S2. The third kappa shape index (κ3) is 4.65. The molecule has 20 heavy (non-hydrogen) atoms. The number of alkyl halides is 1. The lowest BCUT2D eigenvalue weighted by Gasteiger charge is -2.21. The molecule has 0 aliphatic carbocycles. The van der Waals surface area contributed by atoms with Crippen LogP contribution in [0.1, 0.15) is 24.8 Å². The van der Waals surface area contributed by atoms with Crippen molar-refractivity contribution in [2.24, 2.45) is 0 Å². The average molecular weight is 334 g/mol. The fraction of sp³-hybridized carbons (Fsp3) is 0.571. The molecule has 0 radical (unpaired) electrons. The first-order valence-electron chi connectivity index (χ1n) is 6.88. The van der Waals surface area contributed by atoms with Crippen LogP contribution in [0.5, 0.6) is 0 Å². The summed E-state index contributed by atoms with van der Waals surface area (Å²) in [6.45, 7) is 0.524. The third-order valence-electron chi connectivity index (χ3n) is 3.39. The van der Waals surface area contributed by atoms with Crippen molar-refractivity contribution in [3.63, 3.8) is 0 Å². The highest BCUT2D eigenvalue weighted by Gasteiger charge is 2.19. The quantitative estimate of drug-likeness (QED) is 0.814. The first-order chi connectivity index (χ1) is 9.62. The van der Waals surface area contributed by atoms with Crippen LogP contribution in [0.15, 0.2) is 29.2 Å². The maximum absolute atomic E-state index is 12.2. The SMILES string of the molecule is O=S(=O)(NCC1CCCCS1)c1ccc(CCCl)cc1. The molecule has 0 spiro atoms. The molecule has 1 aliphatic rings. The largest absolute Gasteiger partial charge is 0.240 e. The topological polar surface area (TPSA) is 46.2 Å². The predicted molar refractivity (Wildman–Crippen MR) is 86.2 cm³/mol. The Hall–Kier alpha value is -0.230. The summed E-state index contributed by atoms with van der Waals surface area (Å²) >= 11 is 7.54. The summed E-state index contributed by atoms with van der Waals surface area (Å²) in [6, 6.07) is 6.95. The van der Waals surface area contributed by atoms with E-state index in [1.165, 1.54) is 12.8 Å². The molecule has 1 aromatic rings. The van der Waals surface area contributed by atoms with Gasteiger partial charge in [0.05, 0.1) is 4.90 Å². The number of thioether (sulfide) groups is 1. The van der Waals surface area contributed by atoms with Gasteiger partial charge in [-0.05, 0) is 42.7 Å². The minimum Gasteiger partial charge on any atom is -0.210 e. The van der Waals surface area contributed by atoms with E-state index in [2.05, 4.69) is 4.72 Å². The Morgan fingerprint density at radius 3 is 2.60 bits per heavy atom. The highest BCUT2D eigenvalue weighted by molar-refractivity contribution is 8.00. The maximum atomic E-state index is 12.2. The number of hydrogen-bond donors (Lipinski definition) is 1. The molecule has 2 rings (SSSR count). The molecule has 3 nitrogen and oxygen atoms in total. The average Bonchev–Trinajstić information content (AvgIpc) is 2.47. The molecule has 1 unspecified atom stereocenters. The number of nitrogens with one attached hydrogen (secondary N) is 1. The van der Waals surface area contributed by atoms with Gasteiger partial charge in [-0.25, -0.2) is 13.1 Å². The van der Waals surface area contributed by atoms with Crippen molar-refractivity contribution in [2.75, 3.05) is 18.2 Å². The lowest BCUT2D eigenvalue weighted by Crippen LogP contribution is -2.31. The van der Waals surface area contributed by atoms with Crippen molar-refractivity contribution in [2.45, 2.75) is 35.8 Å². The van der Waals surface area contributed by atoms with Gasteiger partial charge in [0.15, 0.2) is 0 Å². The van der Waals surface area contributed by atoms with Crippen LogP contribution in [0.3, 0.4) is 0 Å². The van der Waals surface area contributed by atoms with E-state index < -0.39 is 10.0 Å². The number of aryl methyl sites for hydroxylation is 1. The van der Waals surface area contributed by atoms with Crippen LogP contribution < -0.4 is 4.72 Å². The Morgan fingerprint density at radius 1 is 1.25 bits per heavy atom. The zero-order chi connectivity index (χ0) is 14.4. The highest BCUT2D eigenvalue weighted by atomic mass is 35.5. The molecule has 0 amide bonds. The molecule has 1 N–H and O–H groups in total. The molecule has 0 aromatic heterocycles. The molecule has 1 saturated heterocycles. The van der Waals surface area contributed by atoms with Crippen molar-refractivity contribution < 1.29 is 8.42 Å². The molecule has 1 heterocycles. The van der Waals surface area contributed by atoms with Gasteiger partial charge in [0.25, 0.3) is 0 Å². The van der Waals surface area contributed by atoms with Crippen molar-refractivity contribution in [1.82, 2.24) is 4.72 Å². The first-order valence-corrected chi connectivity index (χ1v) is 9.94. The van der Waals surface area contributed by atoms with Gasteiger partial charge >= 0.3 is 0 Å². The molecule has 0 bridgehead atoms. The standard InChI is InChI=1S/C14H20ClNO2S2/c15-9-8-12-4-6-14(7-5-12)20(17,18)16-11-13-3-1-2-10-19-13/h4-7,13,16H,1-3,8-11H2. The van der Waals surface area contributed by atoms with Crippen LogP contribution in [-0.2, 0) is 16.4 Å². The van der Waals surface area contributed by atoms with Gasteiger partial charge in [-0.1, -0.05) is 18.6 Å². The van der Waals surface area contributed by atoms with E-state index in [-0.39, 0.29) is 0 Å². The van der Waals surface area contributed by atoms with Crippen LogP contribution >= 0.6 is 23.4 Å². The van der Waals surface area contributed by atoms with Gasteiger partial charge < -0.3 is 0 Å². The predicted octanol–water partition coefficient (Wildman–Crippen LogP) is 3.03. The monoisotopic (exact) mass is 333 g/mol. The normalized spacial score (nSPS) is 19.9. The summed E-state index contributed by atoms with van der Waals surface area (Å²) in [4.78, 5) is 0.330. The fourth-order valence-electron chi connectivity index (χ4n) is 2.20. The molecule has 1 aromatic carbocycles. The summed E-state index contributed by atoms with van der Waals surface area (Å²) < 4.78 is 27.1. The second-order valence-corrected chi connectivity index (χ2v) is 8.48. The van der Waals surface area contributed by atoms with Gasteiger partial charge in [0.2, 0.25) is 10.0 Å². The lowest BCUT2D eigenvalue weighted by molar-refractivity contribution is 0.574. The van der Waals surface area contributed by atoms with Crippen LogP contribution in [0.25, 0.3) is 0 Å². The van der Waals surface area contributed by atoms with Gasteiger partial charge in [-0.3, -0.25) is 0 Å². The Bertz CT molecular complexity index is 510. The zero-order valence-corrected chi connectivity index (χ0v) is 13.7. The summed E-state index contributed by atoms with van der Waals surface area (Å²) in [5.41, 5.74) is 1.06. The highest BCUT2D eigenvalue weighted by Crippen LogP contribution is 2.24. The van der Waals surface area contributed by atoms with E-state index in [0.717, 1.165) is 24.2 Å². The smallest absolute Gasteiger partial charge is 0.210 e. The number of hydrogen-bond acceptors (Lipinski definition) is 3. The second-order valence-electron chi connectivity index (χ2n) is 4.92. The fourth-order valence-corrected chi connectivity index (χ4v) is 4.84. The van der Waals surface area contributed by atoms with E-state index in [0.29, 0.717) is 22.6 Å². The van der Waals surface area contributed by atoms with Crippen molar-refractivity contribution >= 4 is 33.4 Å². The Balaban J connectivity index is 1.94. The number of halogens is 1. The van der Waals surface area contributed by atoms with Crippen LogP contribution in [0, 0.1) is 0 Å². The van der Waals surface area contributed by atoms with Crippen LogP contribution in [-0.4, -0.2) is 31.8 Å². The Morgan fingerprint density at radius 2 is 2.00 bits per heavy atom. The Kier molecular flexibility index (Phi) is 6.20. The third-order valence-corrected chi connectivity index (χ3v) is 6.42. The van der Waals surface area contributed by atoms with E-state index in [1.807, 2.05) is 23.9 Å². The summed E-state index contributed by atoms with van der Waals surface area (Å²) in [7, 11) is -3.39. The van der Waals surface area contributed by atoms with E-state index in [1.54, 1.807) is 12.1 Å². The van der Waals surface area contributed by atoms with Gasteiger partial charge in [0.1, 0.15) is 0 Å². The molecular weight excluding hydrogens is 314 g/mol. The van der Waals surface area contributed by atoms with Crippen molar-refractivity contribution in [1.29, 1.82) is 0 Å². The second kappa shape index (κ2) is 7.69. The lowest BCUT2D eigenvalue weighted by atomic mass is 10.2. The van der Waals surface area contributed by atoms with Gasteiger partial charge in [-0.15, -0.1) is 11.6 Å². The van der Waals surface area contributed by atoms with E-state index >= 15 is 0 Å². The molecule has 1 aliphatic heterocycles. The van der Waals surface area contributed by atoms with E-state index in [9.17, 15) is 8.42 Å². The summed E-state index contributed by atoms with van der Waals surface area (Å²) in [5, 5.41) is 0.411. The zero-order valence-electron chi connectivity index (χ0n) is 11.3. The minimum atomic E-state index is -3.39. The summed E-state index contributed by atoms with van der Waals surface area (Å²) in [5.74, 6) is 1.68. The van der Waals surface area contributed by atoms with Gasteiger partial charge in [0, 0.05) is 17.7 Å². The van der Waals surface area contributed by atoms with E-state index in [4.69, 9.17) is 11.6 Å². The summed E-state index contributed by atoms with van der Waals surface area (Å²) in [6.07, 6.45) is 4.30. The molecule has 1 atom stereocenters. The Labute approximate surface area is 130 Å². The molecule has 6 heteroatoms. The van der Waals surface area contributed by atoms with Crippen molar-refractivity contribution in [3.8, 4) is 0 Å². The number of sulfonamides is 1. The van der Waals surface area contributed by atoms with Gasteiger partial charge in [-0.2, -0.15) is 11.8 Å². The molecule has 0 saturated carbocycles. The van der Waals surface area contributed by atoms with Crippen LogP contribution in [0.4, 0.5) is 0 Å². The maximum Gasteiger partial charge on any atom is 0.240 e. The molecule has 112 valence electrons.